The van der Waals surface area contributed by atoms with Gasteiger partial charge < -0.3 is 9.64 Å². The van der Waals surface area contributed by atoms with Gasteiger partial charge >= 0.3 is 18.1 Å². The molecule has 148 valence electrons. The number of hydrogen-bond acceptors (Lipinski definition) is 4. The van der Waals surface area contributed by atoms with Crippen molar-refractivity contribution < 1.29 is 27.5 Å². The summed E-state index contributed by atoms with van der Waals surface area (Å²) in [6, 6.07) is 4.86. The van der Waals surface area contributed by atoms with Gasteiger partial charge in [0.15, 0.2) is 0 Å². The summed E-state index contributed by atoms with van der Waals surface area (Å²) in [7, 11) is 0. The highest BCUT2D eigenvalue weighted by Gasteiger charge is 2.43. The average Bonchev–Trinajstić information content (AvgIpc) is 2.60. The number of amides is 1. The molecule has 10 heteroatoms. The number of halogens is 5. The number of esters is 1. The molecule has 1 fully saturated rings. The van der Waals surface area contributed by atoms with E-state index in [1.807, 2.05) is 4.90 Å². The van der Waals surface area contributed by atoms with E-state index in [1.54, 1.807) is 18.2 Å². The molecule has 1 amide bonds. The van der Waals surface area contributed by atoms with Crippen LogP contribution in [0, 0.1) is 0 Å². The minimum Gasteiger partial charge on any atom is -0.461 e. The Kier molecular flexibility index (Phi) is 7.52. The molecule has 0 aromatic heterocycles. The van der Waals surface area contributed by atoms with Crippen LogP contribution >= 0.6 is 23.2 Å². The average molecular weight is 425 g/mol. The van der Waals surface area contributed by atoms with Crippen LogP contribution in [0.15, 0.2) is 24.3 Å². The molecule has 1 aliphatic heterocycles. The van der Waals surface area contributed by atoms with Crippen LogP contribution in [0.4, 0.5) is 13.2 Å². The summed E-state index contributed by atoms with van der Waals surface area (Å²) < 4.78 is 42.2. The Bertz CT molecular complexity index is 718. The first-order chi connectivity index (χ1) is 12.7. The molecule has 27 heavy (non-hydrogen) atoms. The van der Waals surface area contributed by atoms with Crippen LogP contribution in [0.3, 0.4) is 0 Å². The van der Waals surface area contributed by atoms with E-state index in [1.165, 1.54) is 12.2 Å². The van der Waals surface area contributed by atoms with Crippen molar-refractivity contribution in [3.8, 4) is 0 Å². The third kappa shape index (κ3) is 6.71. The van der Waals surface area contributed by atoms with E-state index in [4.69, 9.17) is 27.9 Å². The summed E-state index contributed by atoms with van der Waals surface area (Å²) in [6.45, 7) is 1.01. The van der Waals surface area contributed by atoms with Gasteiger partial charge in [-0.1, -0.05) is 29.3 Å². The first-order valence-corrected chi connectivity index (χ1v) is 8.81. The number of carbonyl (C=O) groups is 2. The molecule has 1 saturated heterocycles. The molecule has 1 heterocycles. The van der Waals surface area contributed by atoms with Crippen LogP contribution in [0.25, 0.3) is 6.08 Å². The number of nitrogens with zero attached hydrogens (tertiary/aromatic N) is 2. The van der Waals surface area contributed by atoms with Crippen LogP contribution in [-0.2, 0) is 14.3 Å². The third-order valence-electron chi connectivity index (χ3n) is 3.92. The molecule has 0 radical (unpaired) electrons. The first-order valence-electron chi connectivity index (χ1n) is 8.05. The fourth-order valence-corrected chi connectivity index (χ4v) is 2.94. The molecule has 0 atom stereocenters. The minimum absolute atomic E-state index is 0.0126. The van der Waals surface area contributed by atoms with Gasteiger partial charge in [0, 0.05) is 48.8 Å². The fourth-order valence-electron chi connectivity index (χ4n) is 2.47. The monoisotopic (exact) mass is 424 g/mol. The molecule has 1 aromatic carbocycles. The molecular formula is C17H17Cl2F3N2O3. The second-order valence-electron chi connectivity index (χ2n) is 5.80. The second-order valence-corrected chi connectivity index (χ2v) is 6.64. The summed E-state index contributed by atoms with van der Waals surface area (Å²) in [5.41, 5.74) is 0.614. The van der Waals surface area contributed by atoms with Gasteiger partial charge in [0.2, 0.25) is 0 Å². The van der Waals surface area contributed by atoms with Crippen LogP contribution in [-0.4, -0.2) is 67.2 Å². The second kappa shape index (κ2) is 9.43. The number of carbonyl (C=O) groups excluding carboxylic acids is 2. The molecule has 2 rings (SSSR count). The first kappa shape index (κ1) is 21.5. The Labute approximate surface area is 164 Å². The number of alkyl halides is 3. The molecule has 0 aliphatic carbocycles. The standard InChI is InChI=1S/C17H17Cl2F3N2O3/c18-13-3-1-12(14(19)11-13)2-4-15(25)27-10-9-23-5-7-24(8-6-23)16(26)17(20,21)22/h1-4,11H,5-10H2/b4-2+. The zero-order chi connectivity index (χ0) is 20.0. The largest absolute Gasteiger partial charge is 0.471 e. The maximum Gasteiger partial charge on any atom is 0.471 e. The Hall–Kier alpha value is -1.77. The Balaban J connectivity index is 1.70. The molecular weight excluding hydrogens is 408 g/mol. The van der Waals surface area contributed by atoms with Crippen molar-refractivity contribution in [3.63, 3.8) is 0 Å². The number of hydrogen-bond donors (Lipinski definition) is 0. The molecule has 5 nitrogen and oxygen atoms in total. The highest BCUT2D eigenvalue weighted by Crippen LogP contribution is 2.22. The zero-order valence-electron chi connectivity index (χ0n) is 14.1. The Morgan fingerprint density at radius 3 is 2.41 bits per heavy atom. The molecule has 0 N–H and O–H groups in total. The van der Waals surface area contributed by atoms with E-state index in [0.717, 1.165) is 4.90 Å². The summed E-state index contributed by atoms with van der Waals surface area (Å²) in [5, 5.41) is 0.884. The van der Waals surface area contributed by atoms with Crippen LogP contribution in [0.1, 0.15) is 5.56 Å². The van der Waals surface area contributed by atoms with Crippen molar-refractivity contribution in [1.29, 1.82) is 0 Å². The predicted molar refractivity (Wildman–Crippen MR) is 95.5 cm³/mol. The van der Waals surface area contributed by atoms with Crippen molar-refractivity contribution in [3.05, 3.63) is 39.9 Å². The third-order valence-corrected chi connectivity index (χ3v) is 4.48. The quantitative estimate of drug-likeness (QED) is 0.537. The number of benzene rings is 1. The van der Waals surface area contributed by atoms with E-state index >= 15 is 0 Å². The van der Waals surface area contributed by atoms with Gasteiger partial charge in [0.1, 0.15) is 6.61 Å². The lowest BCUT2D eigenvalue weighted by Gasteiger charge is -2.34. The normalized spacial score (nSPS) is 16.0. The van der Waals surface area contributed by atoms with Gasteiger partial charge in [0.05, 0.1) is 0 Å². The highest BCUT2D eigenvalue weighted by atomic mass is 35.5. The SMILES string of the molecule is O=C(/C=C/c1ccc(Cl)cc1Cl)OCCN1CCN(C(=O)C(F)(F)F)CC1. The molecule has 1 aliphatic rings. The van der Waals surface area contributed by atoms with Crippen LogP contribution in [0.2, 0.25) is 10.0 Å². The molecule has 0 bridgehead atoms. The van der Waals surface area contributed by atoms with Gasteiger partial charge in [-0.3, -0.25) is 9.69 Å². The number of piperazine rings is 1. The molecule has 0 spiro atoms. The van der Waals surface area contributed by atoms with E-state index < -0.39 is 18.1 Å². The summed E-state index contributed by atoms with van der Waals surface area (Å²) in [6.07, 6.45) is -2.12. The van der Waals surface area contributed by atoms with Crippen molar-refractivity contribution in [2.24, 2.45) is 0 Å². The van der Waals surface area contributed by atoms with Crippen molar-refractivity contribution in [1.82, 2.24) is 9.80 Å². The topological polar surface area (TPSA) is 49.9 Å². The zero-order valence-corrected chi connectivity index (χ0v) is 15.7. The van der Waals surface area contributed by atoms with E-state index in [-0.39, 0.29) is 32.8 Å². The maximum atomic E-state index is 12.4. The van der Waals surface area contributed by atoms with Gasteiger partial charge in [-0.05, 0) is 23.8 Å². The van der Waals surface area contributed by atoms with Gasteiger partial charge in [-0.15, -0.1) is 0 Å². The molecule has 1 aromatic rings. The fraction of sp³-hybridized carbons (Fsp3) is 0.412. The number of rotatable bonds is 5. The predicted octanol–water partition coefficient (Wildman–Crippen LogP) is 3.26. The lowest BCUT2D eigenvalue weighted by molar-refractivity contribution is -0.187. The molecule has 0 unspecified atom stereocenters. The smallest absolute Gasteiger partial charge is 0.461 e. The summed E-state index contributed by atoms with van der Waals surface area (Å²) >= 11 is 11.8. The van der Waals surface area contributed by atoms with Crippen molar-refractivity contribution >= 4 is 41.2 Å². The lowest BCUT2D eigenvalue weighted by Crippen LogP contribution is -2.52. The van der Waals surface area contributed by atoms with Gasteiger partial charge in [-0.25, -0.2) is 4.79 Å². The van der Waals surface area contributed by atoms with E-state index in [9.17, 15) is 22.8 Å². The lowest BCUT2D eigenvalue weighted by atomic mass is 10.2. The summed E-state index contributed by atoms with van der Waals surface area (Å²) in [5.74, 6) is -2.38. The Morgan fingerprint density at radius 1 is 1.15 bits per heavy atom. The summed E-state index contributed by atoms with van der Waals surface area (Å²) in [4.78, 5) is 25.5. The van der Waals surface area contributed by atoms with Gasteiger partial charge in [-0.2, -0.15) is 13.2 Å². The maximum absolute atomic E-state index is 12.4. The van der Waals surface area contributed by atoms with Crippen LogP contribution < -0.4 is 0 Å². The van der Waals surface area contributed by atoms with Crippen molar-refractivity contribution in [2.45, 2.75) is 6.18 Å². The molecule has 0 saturated carbocycles. The minimum atomic E-state index is -4.85. The number of ether oxygens (including phenoxy) is 1. The Morgan fingerprint density at radius 2 is 1.81 bits per heavy atom. The van der Waals surface area contributed by atoms with E-state index in [2.05, 4.69) is 0 Å². The van der Waals surface area contributed by atoms with Crippen LogP contribution in [0.5, 0.6) is 0 Å². The van der Waals surface area contributed by atoms with Crippen molar-refractivity contribution in [2.75, 3.05) is 39.3 Å². The highest BCUT2D eigenvalue weighted by molar-refractivity contribution is 6.35. The van der Waals surface area contributed by atoms with E-state index in [0.29, 0.717) is 22.2 Å². The van der Waals surface area contributed by atoms with Gasteiger partial charge in [0.25, 0.3) is 0 Å².